The van der Waals surface area contributed by atoms with E-state index in [1.165, 1.54) is 18.7 Å². The molecule has 0 bridgehead atoms. The molecule has 6 nitrogen and oxygen atoms in total. The summed E-state index contributed by atoms with van der Waals surface area (Å²) >= 11 is 0. The first-order valence-corrected chi connectivity index (χ1v) is 14.9. The molecule has 0 amide bonds. The van der Waals surface area contributed by atoms with E-state index in [1.807, 2.05) is 67.6 Å². The fourth-order valence-corrected chi connectivity index (χ4v) is 5.80. The van der Waals surface area contributed by atoms with Gasteiger partial charge >= 0.3 is 5.97 Å². The van der Waals surface area contributed by atoms with Crippen molar-refractivity contribution in [3.63, 3.8) is 0 Å². The van der Waals surface area contributed by atoms with Gasteiger partial charge < -0.3 is 14.8 Å². The highest BCUT2D eigenvalue weighted by Crippen LogP contribution is 2.33. The summed E-state index contributed by atoms with van der Waals surface area (Å²) in [5.41, 5.74) is 3.94. The number of hydrogen-bond donors (Lipinski definition) is 1. The van der Waals surface area contributed by atoms with Crippen LogP contribution in [0, 0.1) is 0 Å². The van der Waals surface area contributed by atoms with Crippen molar-refractivity contribution in [3.8, 4) is 5.75 Å². The minimum atomic E-state index is -3.88. The number of carbonyl (C=O) groups excluding carboxylic acids is 1. The lowest BCUT2D eigenvalue weighted by atomic mass is 10.0. The van der Waals surface area contributed by atoms with Gasteiger partial charge in [-0.05, 0) is 65.9 Å². The van der Waals surface area contributed by atoms with Gasteiger partial charge in [0.05, 0.1) is 16.9 Å². The van der Waals surface area contributed by atoms with Gasteiger partial charge in [0, 0.05) is 6.54 Å². The molecular formula is C33H35NO5S. The SMILES string of the molecule is CCCc1cc(S(=O)(=O)c2ccc(CCNCc3ccccc3)cc2)cc(C(=O)OC)c1OCc1ccccc1. The van der Waals surface area contributed by atoms with Crippen molar-refractivity contribution >= 4 is 15.8 Å². The standard InChI is InChI=1S/C33H35NO5S/c1-3-10-28-21-30(22-31(33(35)38-2)32(28)39-24-27-13-8-5-9-14-27)40(36,37)29-17-15-25(16-18-29)19-20-34-23-26-11-6-4-7-12-26/h4-9,11-18,21-22,34H,3,10,19-20,23-24H2,1-2H3. The Labute approximate surface area is 236 Å². The number of carbonyl (C=O) groups is 1. The summed E-state index contributed by atoms with van der Waals surface area (Å²) in [5, 5.41) is 3.41. The van der Waals surface area contributed by atoms with Crippen LogP contribution in [0.4, 0.5) is 0 Å². The van der Waals surface area contributed by atoms with Crippen LogP contribution < -0.4 is 10.1 Å². The molecule has 0 aliphatic carbocycles. The number of sulfone groups is 1. The molecule has 40 heavy (non-hydrogen) atoms. The number of methoxy groups -OCH3 is 1. The lowest BCUT2D eigenvalue weighted by molar-refractivity contribution is 0.0595. The van der Waals surface area contributed by atoms with Gasteiger partial charge in [0.2, 0.25) is 9.84 Å². The summed E-state index contributed by atoms with van der Waals surface area (Å²) in [5.74, 6) is -0.286. The molecule has 0 heterocycles. The zero-order chi connectivity index (χ0) is 28.4. The molecule has 0 aromatic heterocycles. The van der Waals surface area contributed by atoms with Gasteiger partial charge in [-0.15, -0.1) is 0 Å². The first-order chi connectivity index (χ1) is 19.4. The predicted molar refractivity (Wildman–Crippen MR) is 156 cm³/mol. The number of benzene rings is 4. The van der Waals surface area contributed by atoms with E-state index in [0.717, 1.165) is 37.1 Å². The highest BCUT2D eigenvalue weighted by atomic mass is 32.2. The Morgan fingerprint density at radius 3 is 2.05 bits per heavy atom. The minimum absolute atomic E-state index is 0.0423. The van der Waals surface area contributed by atoms with Crippen molar-refractivity contribution in [1.82, 2.24) is 5.32 Å². The van der Waals surface area contributed by atoms with Crippen molar-refractivity contribution < 1.29 is 22.7 Å². The monoisotopic (exact) mass is 557 g/mol. The van der Waals surface area contributed by atoms with Crippen LogP contribution in [0.25, 0.3) is 0 Å². The third kappa shape index (κ3) is 7.37. The van der Waals surface area contributed by atoms with E-state index in [9.17, 15) is 13.2 Å². The molecule has 0 fully saturated rings. The van der Waals surface area contributed by atoms with Gasteiger partial charge in [0.25, 0.3) is 0 Å². The average molecular weight is 558 g/mol. The molecule has 208 valence electrons. The largest absolute Gasteiger partial charge is 0.488 e. The minimum Gasteiger partial charge on any atom is -0.488 e. The van der Waals surface area contributed by atoms with Crippen LogP contribution in [0.3, 0.4) is 0 Å². The molecule has 4 aromatic rings. The quantitative estimate of drug-likeness (QED) is 0.156. The van der Waals surface area contributed by atoms with Gasteiger partial charge in [-0.25, -0.2) is 13.2 Å². The zero-order valence-corrected chi connectivity index (χ0v) is 23.7. The lowest BCUT2D eigenvalue weighted by Gasteiger charge is -2.17. The van der Waals surface area contributed by atoms with Crippen LogP contribution in [0.15, 0.2) is 107 Å². The van der Waals surface area contributed by atoms with Crippen molar-refractivity contribution in [3.05, 3.63) is 125 Å². The number of nitrogens with one attached hydrogen (secondary N) is 1. The first-order valence-electron chi connectivity index (χ1n) is 13.4. The highest BCUT2D eigenvalue weighted by molar-refractivity contribution is 7.91. The molecule has 4 aromatic carbocycles. The highest BCUT2D eigenvalue weighted by Gasteiger charge is 2.25. The molecule has 0 saturated carbocycles. The summed E-state index contributed by atoms with van der Waals surface area (Å²) in [7, 11) is -2.61. The maximum absolute atomic E-state index is 13.7. The van der Waals surface area contributed by atoms with Gasteiger partial charge in [-0.1, -0.05) is 86.1 Å². The van der Waals surface area contributed by atoms with Gasteiger partial charge in [-0.2, -0.15) is 0 Å². The van der Waals surface area contributed by atoms with Crippen LogP contribution in [-0.4, -0.2) is 28.0 Å². The van der Waals surface area contributed by atoms with E-state index in [-0.39, 0.29) is 22.0 Å². The fourth-order valence-electron chi connectivity index (χ4n) is 4.46. The predicted octanol–water partition coefficient (Wildman–Crippen LogP) is 6.17. The van der Waals surface area contributed by atoms with Gasteiger partial charge in [0.1, 0.15) is 17.9 Å². The summed E-state index contributed by atoms with van der Waals surface area (Å²) in [6.45, 7) is 3.79. The second kappa shape index (κ2) is 13.9. The van der Waals surface area contributed by atoms with Crippen molar-refractivity contribution in [2.75, 3.05) is 13.7 Å². The Kier molecular flexibility index (Phi) is 10.1. The van der Waals surface area contributed by atoms with Crippen molar-refractivity contribution in [1.29, 1.82) is 0 Å². The molecule has 0 spiro atoms. The van der Waals surface area contributed by atoms with Crippen LogP contribution >= 0.6 is 0 Å². The first kappa shape index (κ1) is 29.1. The summed E-state index contributed by atoms with van der Waals surface area (Å²) in [4.78, 5) is 13.0. The van der Waals surface area contributed by atoms with Crippen molar-refractivity contribution in [2.45, 2.75) is 49.1 Å². The maximum atomic E-state index is 13.7. The third-order valence-electron chi connectivity index (χ3n) is 6.60. The molecule has 7 heteroatoms. The second-order valence-electron chi connectivity index (χ2n) is 9.53. The van der Waals surface area contributed by atoms with E-state index in [2.05, 4.69) is 17.4 Å². The van der Waals surface area contributed by atoms with Crippen LogP contribution in [-0.2, 0) is 40.6 Å². The van der Waals surface area contributed by atoms with E-state index in [1.54, 1.807) is 18.2 Å². The second-order valence-corrected chi connectivity index (χ2v) is 11.5. The normalized spacial score (nSPS) is 11.2. The summed E-state index contributed by atoms with van der Waals surface area (Å²) < 4.78 is 38.4. The van der Waals surface area contributed by atoms with Gasteiger partial charge in [-0.3, -0.25) is 0 Å². The molecular weight excluding hydrogens is 522 g/mol. The van der Waals surface area contributed by atoms with Gasteiger partial charge in [0.15, 0.2) is 0 Å². The van der Waals surface area contributed by atoms with E-state index >= 15 is 0 Å². The molecule has 0 saturated heterocycles. The number of aryl methyl sites for hydroxylation is 1. The Bertz CT molecular complexity index is 1500. The van der Waals surface area contributed by atoms with Crippen LogP contribution in [0.2, 0.25) is 0 Å². The number of rotatable bonds is 13. The number of hydrogen-bond acceptors (Lipinski definition) is 6. The number of ether oxygens (including phenoxy) is 2. The Morgan fingerprint density at radius 1 is 0.775 bits per heavy atom. The van der Waals surface area contributed by atoms with Crippen LogP contribution in [0.5, 0.6) is 5.75 Å². The fraction of sp³-hybridized carbons (Fsp3) is 0.242. The molecule has 0 aliphatic heterocycles. The van der Waals surface area contributed by atoms with Crippen molar-refractivity contribution in [2.24, 2.45) is 0 Å². The van der Waals surface area contributed by atoms with E-state index < -0.39 is 15.8 Å². The average Bonchev–Trinajstić information content (AvgIpc) is 2.99. The molecule has 1 N–H and O–H groups in total. The molecule has 0 radical (unpaired) electrons. The summed E-state index contributed by atoms with van der Waals surface area (Å²) in [6.07, 6.45) is 2.07. The lowest BCUT2D eigenvalue weighted by Crippen LogP contribution is -2.16. The Hall–Kier alpha value is -3.94. The molecule has 4 rings (SSSR count). The Balaban J connectivity index is 1.54. The zero-order valence-electron chi connectivity index (χ0n) is 22.9. The smallest absolute Gasteiger partial charge is 0.341 e. The summed E-state index contributed by atoms with van der Waals surface area (Å²) in [6, 6.07) is 29.7. The third-order valence-corrected chi connectivity index (χ3v) is 8.35. The van der Waals surface area contributed by atoms with E-state index in [4.69, 9.17) is 9.47 Å². The molecule has 0 unspecified atom stereocenters. The van der Waals surface area contributed by atoms with E-state index in [0.29, 0.717) is 17.7 Å². The maximum Gasteiger partial charge on any atom is 0.341 e. The molecule has 0 atom stereocenters. The van der Waals surface area contributed by atoms with Crippen LogP contribution in [0.1, 0.15) is 46.0 Å². The molecule has 0 aliphatic rings. The number of esters is 1. The Morgan fingerprint density at radius 2 is 1.43 bits per heavy atom. The topological polar surface area (TPSA) is 81.7 Å².